The van der Waals surface area contributed by atoms with Crippen LogP contribution in [0.3, 0.4) is 0 Å². The van der Waals surface area contributed by atoms with Crippen LogP contribution in [0.2, 0.25) is 10.0 Å². The molecule has 0 radical (unpaired) electrons. The summed E-state index contributed by atoms with van der Waals surface area (Å²) in [7, 11) is 0. The largest absolute Gasteiger partial charge is 0.416 e. The number of halogens is 8. The third-order valence-corrected chi connectivity index (χ3v) is 5.40. The summed E-state index contributed by atoms with van der Waals surface area (Å²) in [6, 6.07) is 6.52. The predicted molar refractivity (Wildman–Crippen MR) is 122 cm³/mol. The van der Waals surface area contributed by atoms with Crippen molar-refractivity contribution in [3.05, 3.63) is 97.0 Å². The molecule has 15 heteroatoms. The van der Waals surface area contributed by atoms with Crippen LogP contribution in [0.5, 0.6) is 0 Å². The van der Waals surface area contributed by atoms with E-state index >= 15 is 0 Å². The van der Waals surface area contributed by atoms with E-state index in [1.807, 2.05) is 0 Å². The van der Waals surface area contributed by atoms with Gasteiger partial charge in [0, 0.05) is 23.3 Å². The number of anilines is 2. The quantitative estimate of drug-likeness (QED) is 0.190. The number of benzene rings is 3. The van der Waals surface area contributed by atoms with E-state index in [4.69, 9.17) is 23.2 Å². The van der Waals surface area contributed by atoms with Crippen molar-refractivity contribution in [1.82, 2.24) is 0 Å². The van der Waals surface area contributed by atoms with Crippen molar-refractivity contribution < 1.29 is 40.9 Å². The van der Waals surface area contributed by atoms with Crippen LogP contribution in [0, 0.1) is 10.1 Å². The van der Waals surface area contributed by atoms with Crippen molar-refractivity contribution >= 4 is 52.1 Å². The molecular formula is C22H11Cl2F6N3O4. The Morgan fingerprint density at radius 3 is 1.41 bits per heavy atom. The van der Waals surface area contributed by atoms with Gasteiger partial charge in [0.1, 0.15) is 0 Å². The van der Waals surface area contributed by atoms with Gasteiger partial charge in [-0.3, -0.25) is 19.7 Å². The summed E-state index contributed by atoms with van der Waals surface area (Å²) in [5.74, 6) is -2.31. The van der Waals surface area contributed by atoms with Gasteiger partial charge >= 0.3 is 12.4 Å². The van der Waals surface area contributed by atoms with Crippen molar-refractivity contribution in [2.24, 2.45) is 0 Å². The summed E-state index contributed by atoms with van der Waals surface area (Å²) in [5, 5.41) is 15.0. The van der Waals surface area contributed by atoms with Crippen molar-refractivity contribution in [2.45, 2.75) is 12.4 Å². The maximum Gasteiger partial charge on any atom is 0.416 e. The summed E-state index contributed by atoms with van der Waals surface area (Å²) >= 11 is 11.7. The molecule has 194 valence electrons. The topological polar surface area (TPSA) is 101 Å². The van der Waals surface area contributed by atoms with Gasteiger partial charge in [-0.15, -0.1) is 0 Å². The monoisotopic (exact) mass is 565 g/mol. The van der Waals surface area contributed by atoms with Crippen LogP contribution in [0.1, 0.15) is 31.8 Å². The van der Waals surface area contributed by atoms with E-state index in [1.165, 1.54) is 0 Å². The van der Waals surface area contributed by atoms with Crippen LogP contribution >= 0.6 is 23.2 Å². The average molecular weight is 566 g/mol. The summed E-state index contributed by atoms with van der Waals surface area (Å²) in [6.07, 6.45) is -9.52. The first-order valence-electron chi connectivity index (χ1n) is 9.72. The Kier molecular flexibility index (Phi) is 7.70. The van der Waals surface area contributed by atoms with Gasteiger partial charge in [-0.2, -0.15) is 26.3 Å². The number of carbonyl (C=O) groups excluding carboxylic acids is 2. The number of carbonyl (C=O) groups is 2. The van der Waals surface area contributed by atoms with Gasteiger partial charge in [0.15, 0.2) is 0 Å². The molecule has 0 heterocycles. The molecule has 37 heavy (non-hydrogen) atoms. The predicted octanol–water partition coefficient (Wildman–Crippen LogP) is 7.44. The minimum Gasteiger partial charge on any atom is -0.321 e. The standard InChI is InChI=1S/C22H11Cl2F6N3O4/c23-15-3-1-12(21(25,26)27)8-17(15)31-19(34)10-5-11(7-14(6-10)33(36)37)20(35)32-18-9-13(22(28,29)30)2-4-16(18)24/h1-9H,(H,31,34)(H,32,35). The first-order chi connectivity index (χ1) is 17.1. The lowest BCUT2D eigenvalue weighted by Crippen LogP contribution is -2.17. The number of amides is 2. The van der Waals surface area contributed by atoms with Gasteiger partial charge in [-0.25, -0.2) is 0 Å². The Morgan fingerprint density at radius 1 is 0.703 bits per heavy atom. The van der Waals surface area contributed by atoms with E-state index in [9.17, 15) is 46.0 Å². The molecule has 3 rings (SSSR count). The smallest absolute Gasteiger partial charge is 0.321 e. The number of rotatable bonds is 5. The third kappa shape index (κ3) is 6.68. The fourth-order valence-corrected chi connectivity index (χ4v) is 3.29. The van der Waals surface area contributed by atoms with E-state index in [2.05, 4.69) is 10.6 Å². The van der Waals surface area contributed by atoms with Crippen LogP contribution in [-0.4, -0.2) is 16.7 Å². The Morgan fingerprint density at radius 2 is 1.08 bits per heavy atom. The van der Waals surface area contributed by atoms with Gasteiger partial charge < -0.3 is 10.6 Å². The fraction of sp³-hybridized carbons (Fsp3) is 0.0909. The first-order valence-corrected chi connectivity index (χ1v) is 10.5. The minimum atomic E-state index is -4.76. The number of nitrogens with one attached hydrogen (secondary N) is 2. The zero-order chi connectivity index (χ0) is 27.7. The highest BCUT2D eigenvalue weighted by atomic mass is 35.5. The molecule has 2 amide bonds. The number of alkyl halides is 6. The summed E-state index contributed by atoms with van der Waals surface area (Å²) in [6.45, 7) is 0. The lowest BCUT2D eigenvalue weighted by Gasteiger charge is -2.13. The maximum atomic E-state index is 13.0. The van der Waals surface area contributed by atoms with Crippen LogP contribution in [-0.2, 0) is 12.4 Å². The van der Waals surface area contributed by atoms with E-state index in [0.717, 1.165) is 30.3 Å². The van der Waals surface area contributed by atoms with Crippen molar-refractivity contribution in [3.8, 4) is 0 Å². The van der Waals surface area contributed by atoms with Gasteiger partial charge in [0.05, 0.1) is 37.5 Å². The molecule has 0 atom stereocenters. The van der Waals surface area contributed by atoms with Gasteiger partial charge in [0.25, 0.3) is 17.5 Å². The molecule has 0 unspecified atom stereocenters. The highest BCUT2D eigenvalue weighted by Crippen LogP contribution is 2.35. The number of non-ortho nitro benzene ring substituents is 1. The summed E-state index contributed by atoms with van der Waals surface area (Å²) < 4.78 is 78.0. The van der Waals surface area contributed by atoms with Gasteiger partial charge in [-0.1, -0.05) is 23.2 Å². The van der Waals surface area contributed by atoms with Crippen molar-refractivity contribution in [1.29, 1.82) is 0 Å². The highest BCUT2D eigenvalue weighted by Gasteiger charge is 2.32. The molecular weight excluding hydrogens is 555 g/mol. The number of nitro groups is 1. The van der Waals surface area contributed by atoms with E-state index in [-0.39, 0.29) is 10.0 Å². The molecule has 0 aliphatic heterocycles. The highest BCUT2D eigenvalue weighted by molar-refractivity contribution is 6.34. The van der Waals surface area contributed by atoms with Crippen molar-refractivity contribution in [2.75, 3.05) is 10.6 Å². The Labute approximate surface area is 213 Å². The zero-order valence-corrected chi connectivity index (χ0v) is 19.3. The molecule has 0 fully saturated rings. The number of hydrogen-bond acceptors (Lipinski definition) is 4. The lowest BCUT2D eigenvalue weighted by molar-refractivity contribution is -0.384. The van der Waals surface area contributed by atoms with Crippen LogP contribution in [0.15, 0.2) is 54.6 Å². The molecule has 0 bridgehead atoms. The SMILES string of the molecule is O=C(Nc1cc(C(F)(F)F)ccc1Cl)c1cc(C(=O)Nc2cc(C(F)(F)F)ccc2Cl)cc([N+](=O)[O-])c1. The molecule has 0 spiro atoms. The average Bonchev–Trinajstić information content (AvgIpc) is 2.80. The normalized spacial score (nSPS) is 11.7. The van der Waals surface area contributed by atoms with E-state index < -0.39 is 68.4 Å². The van der Waals surface area contributed by atoms with Crippen molar-refractivity contribution in [3.63, 3.8) is 0 Å². The molecule has 3 aromatic carbocycles. The maximum absolute atomic E-state index is 13.0. The summed E-state index contributed by atoms with van der Waals surface area (Å²) in [5.41, 5.74) is -5.01. The second-order valence-corrected chi connectivity index (χ2v) is 8.13. The van der Waals surface area contributed by atoms with Gasteiger partial charge in [0.2, 0.25) is 0 Å². The minimum absolute atomic E-state index is 0.274. The molecule has 0 aliphatic rings. The Hall–Kier alpha value is -3.84. The number of nitro benzene ring substituents is 1. The zero-order valence-electron chi connectivity index (χ0n) is 17.8. The molecule has 0 aliphatic carbocycles. The molecule has 0 aromatic heterocycles. The van der Waals surface area contributed by atoms with Crippen LogP contribution in [0.4, 0.5) is 43.4 Å². The lowest BCUT2D eigenvalue weighted by atomic mass is 10.1. The van der Waals surface area contributed by atoms with E-state index in [0.29, 0.717) is 24.3 Å². The molecule has 7 nitrogen and oxygen atoms in total. The molecule has 0 saturated carbocycles. The number of hydrogen-bond donors (Lipinski definition) is 2. The number of nitrogens with zero attached hydrogens (tertiary/aromatic N) is 1. The molecule has 0 saturated heterocycles. The second-order valence-electron chi connectivity index (χ2n) is 7.32. The molecule has 2 N–H and O–H groups in total. The second kappa shape index (κ2) is 10.3. The van der Waals surface area contributed by atoms with Crippen LogP contribution < -0.4 is 10.6 Å². The first kappa shape index (κ1) is 27.7. The molecule has 3 aromatic rings. The third-order valence-electron chi connectivity index (χ3n) is 4.74. The Bertz CT molecular complexity index is 1310. The van der Waals surface area contributed by atoms with Gasteiger partial charge in [-0.05, 0) is 42.5 Å². The van der Waals surface area contributed by atoms with Crippen LogP contribution in [0.25, 0.3) is 0 Å². The Balaban J connectivity index is 1.95. The fourth-order valence-electron chi connectivity index (χ4n) is 2.96. The van der Waals surface area contributed by atoms with E-state index in [1.54, 1.807) is 0 Å². The summed E-state index contributed by atoms with van der Waals surface area (Å²) in [4.78, 5) is 35.8.